The Morgan fingerprint density at radius 1 is 1.17 bits per heavy atom. The van der Waals surface area contributed by atoms with Crippen LogP contribution in [0.3, 0.4) is 0 Å². The van der Waals surface area contributed by atoms with E-state index in [4.69, 9.17) is 13.9 Å². The van der Waals surface area contributed by atoms with E-state index < -0.39 is 17.8 Å². The van der Waals surface area contributed by atoms with E-state index in [1.54, 1.807) is 19.9 Å². The molecule has 0 bridgehead atoms. The van der Waals surface area contributed by atoms with Gasteiger partial charge >= 0.3 is 6.18 Å². The molecule has 1 aromatic carbocycles. The van der Waals surface area contributed by atoms with Crippen LogP contribution < -0.4 is 10.2 Å². The van der Waals surface area contributed by atoms with Gasteiger partial charge in [0.05, 0.1) is 24.8 Å². The number of benzene rings is 1. The molecule has 2 heterocycles. The van der Waals surface area contributed by atoms with Crippen molar-refractivity contribution in [3.8, 4) is 5.95 Å². The van der Waals surface area contributed by atoms with Crippen LogP contribution >= 0.6 is 0 Å². The monoisotopic (exact) mass is 420 g/mol. The van der Waals surface area contributed by atoms with E-state index in [0.717, 1.165) is 23.3 Å². The van der Waals surface area contributed by atoms with Crippen molar-refractivity contribution in [3.63, 3.8) is 0 Å². The van der Waals surface area contributed by atoms with Crippen LogP contribution in [0.25, 0.3) is 6.08 Å². The van der Waals surface area contributed by atoms with Gasteiger partial charge in [-0.25, -0.2) is 0 Å². The molecular formula is C23H23F3O4. The summed E-state index contributed by atoms with van der Waals surface area (Å²) < 4.78 is 54.8. The van der Waals surface area contributed by atoms with Crippen molar-refractivity contribution in [2.75, 3.05) is 13.7 Å². The highest BCUT2D eigenvalue weighted by atomic mass is 19.4. The maximum atomic E-state index is 12.7. The number of rotatable bonds is 4. The Bertz CT molecular complexity index is 1040. The summed E-state index contributed by atoms with van der Waals surface area (Å²) >= 11 is 0. The van der Waals surface area contributed by atoms with E-state index in [-0.39, 0.29) is 11.4 Å². The minimum atomic E-state index is -4.35. The number of ether oxygens (including phenoxy) is 2. The van der Waals surface area contributed by atoms with E-state index in [0.29, 0.717) is 35.5 Å². The SMILES string of the molecule is COc1oc([C@H]2C/C(=C/C(C)=C/c3ccc(C(F)(F)F)cc3)CO2)c(C)c(=O)c1C. The minimum Gasteiger partial charge on any atom is -0.468 e. The number of alkyl halides is 3. The number of allylic oxidation sites excluding steroid dienone is 2. The molecule has 1 aliphatic rings. The van der Waals surface area contributed by atoms with Crippen LogP contribution in [0.1, 0.15) is 47.5 Å². The van der Waals surface area contributed by atoms with Crippen molar-refractivity contribution < 1.29 is 27.1 Å². The second-order valence-corrected chi connectivity index (χ2v) is 7.35. The molecule has 0 N–H and O–H groups in total. The first kappa shape index (κ1) is 21.9. The van der Waals surface area contributed by atoms with Crippen LogP contribution in [-0.2, 0) is 10.9 Å². The number of methoxy groups -OCH3 is 1. The first-order chi connectivity index (χ1) is 14.1. The average Bonchev–Trinajstić information content (AvgIpc) is 3.14. The van der Waals surface area contributed by atoms with Gasteiger partial charge in [-0.05, 0) is 44.0 Å². The lowest BCUT2D eigenvalue weighted by Gasteiger charge is -2.13. The molecule has 1 aliphatic heterocycles. The molecule has 0 spiro atoms. The lowest BCUT2D eigenvalue weighted by atomic mass is 10.0. The largest absolute Gasteiger partial charge is 0.468 e. The molecule has 30 heavy (non-hydrogen) atoms. The molecular weight excluding hydrogens is 397 g/mol. The molecule has 4 nitrogen and oxygen atoms in total. The summed E-state index contributed by atoms with van der Waals surface area (Å²) in [4.78, 5) is 12.4. The zero-order valence-corrected chi connectivity index (χ0v) is 17.2. The van der Waals surface area contributed by atoms with Crippen LogP contribution in [0.15, 0.2) is 50.7 Å². The highest BCUT2D eigenvalue weighted by Crippen LogP contribution is 2.36. The lowest BCUT2D eigenvalue weighted by Crippen LogP contribution is -2.15. The third-order valence-corrected chi connectivity index (χ3v) is 5.02. The van der Waals surface area contributed by atoms with Gasteiger partial charge in [0.1, 0.15) is 11.9 Å². The Morgan fingerprint density at radius 2 is 1.83 bits per heavy atom. The van der Waals surface area contributed by atoms with Crippen LogP contribution in [0.5, 0.6) is 5.95 Å². The van der Waals surface area contributed by atoms with Gasteiger partial charge in [-0.2, -0.15) is 13.2 Å². The summed E-state index contributed by atoms with van der Waals surface area (Å²) in [5, 5.41) is 0. The normalized spacial score (nSPS) is 18.8. The molecule has 3 rings (SSSR count). The van der Waals surface area contributed by atoms with E-state index >= 15 is 0 Å². The predicted molar refractivity (Wildman–Crippen MR) is 107 cm³/mol. The maximum Gasteiger partial charge on any atom is 0.416 e. The smallest absolute Gasteiger partial charge is 0.416 e. The van der Waals surface area contributed by atoms with Gasteiger partial charge in [0.2, 0.25) is 0 Å². The molecule has 0 radical (unpaired) electrons. The van der Waals surface area contributed by atoms with Crippen molar-refractivity contribution in [1.82, 2.24) is 0 Å². The van der Waals surface area contributed by atoms with Gasteiger partial charge < -0.3 is 13.9 Å². The summed E-state index contributed by atoms with van der Waals surface area (Å²) in [6.45, 7) is 5.60. The zero-order valence-electron chi connectivity index (χ0n) is 17.2. The first-order valence-electron chi connectivity index (χ1n) is 9.45. The van der Waals surface area contributed by atoms with E-state index in [9.17, 15) is 18.0 Å². The molecule has 1 atom stereocenters. The fraction of sp³-hybridized carbons (Fsp3) is 0.348. The second-order valence-electron chi connectivity index (χ2n) is 7.35. The second kappa shape index (κ2) is 8.52. The van der Waals surface area contributed by atoms with Crippen LogP contribution in [-0.4, -0.2) is 13.7 Å². The Balaban J connectivity index is 1.77. The molecule has 1 fully saturated rings. The molecule has 0 amide bonds. The van der Waals surface area contributed by atoms with Gasteiger partial charge in [-0.15, -0.1) is 0 Å². The molecule has 0 saturated carbocycles. The van der Waals surface area contributed by atoms with Crippen molar-refractivity contribution in [2.45, 2.75) is 39.5 Å². The summed E-state index contributed by atoms with van der Waals surface area (Å²) in [5.41, 5.74) is 2.67. The number of hydrogen-bond acceptors (Lipinski definition) is 4. The van der Waals surface area contributed by atoms with Gasteiger partial charge in [-0.3, -0.25) is 4.79 Å². The predicted octanol–water partition coefficient (Wildman–Crippen LogP) is 5.78. The Labute approximate surface area is 172 Å². The highest BCUT2D eigenvalue weighted by Gasteiger charge is 2.30. The standard InChI is InChI=1S/C23H23F3O4/c1-13(9-16-5-7-18(8-6-16)23(24,25)26)10-17-11-19(29-12-17)21-14(2)20(27)15(3)22(28-4)30-21/h5-10,19H,11-12H2,1-4H3/b13-9+,17-10-/t19-/m1/s1. The third kappa shape index (κ3) is 4.67. The quantitative estimate of drug-likeness (QED) is 0.630. The maximum absolute atomic E-state index is 12.7. The van der Waals surface area contributed by atoms with Crippen molar-refractivity contribution >= 4 is 6.08 Å². The Kier molecular flexibility index (Phi) is 6.22. The lowest BCUT2D eigenvalue weighted by molar-refractivity contribution is -0.137. The Morgan fingerprint density at radius 3 is 2.43 bits per heavy atom. The van der Waals surface area contributed by atoms with E-state index in [2.05, 4.69) is 0 Å². The first-order valence-corrected chi connectivity index (χ1v) is 9.45. The summed E-state index contributed by atoms with van der Waals surface area (Å²) in [6, 6.07) is 5.01. The van der Waals surface area contributed by atoms with E-state index in [1.807, 2.05) is 13.0 Å². The number of halogens is 3. The number of hydrogen-bond donors (Lipinski definition) is 0. The molecule has 2 aromatic rings. The summed E-state index contributed by atoms with van der Waals surface area (Å²) in [7, 11) is 1.45. The van der Waals surface area contributed by atoms with Gasteiger partial charge in [0, 0.05) is 12.0 Å². The van der Waals surface area contributed by atoms with Crippen molar-refractivity contribution in [3.05, 3.63) is 79.7 Å². The molecule has 1 saturated heterocycles. The van der Waals surface area contributed by atoms with Crippen molar-refractivity contribution in [1.29, 1.82) is 0 Å². The summed E-state index contributed by atoms with van der Waals surface area (Å²) in [6.07, 6.45) is -0.440. The third-order valence-electron chi connectivity index (χ3n) is 5.02. The molecule has 1 aromatic heterocycles. The topological polar surface area (TPSA) is 48.7 Å². The van der Waals surface area contributed by atoms with Crippen LogP contribution in [0.2, 0.25) is 0 Å². The minimum absolute atomic E-state index is 0.132. The van der Waals surface area contributed by atoms with Gasteiger partial charge in [0.25, 0.3) is 5.95 Å². The van der Waals surface area contributed by atoms with Gasteiger partial charge in [0.15, 0.2) is 5.43 Å². The average molecular weight is 420 g/mol. The molecule has 0 aliphatic carbocycles. The van der Waals surface area contributed by atoms with Crippen LogP contribution in [0.4, 0.5) is 13.2 Å². The molecule has 0 unspecified atom stereocenters. The zero-order chi connectivity index (χ0) is 22.1. The fourth-order valence-corrected chi connectivity index (χ4v) is 3.47. The van der Waals surface area contributed by atoms with Gasteiger partial charge in [-0.1, -0.05) is 29.9 Å². The molecule has 7 heteroatoms. The van der Waals surface area contributed by atoms with Crippen molar-refractivity contribution in [2.24, 2.45) is 0 Å². The van der Waals surface area contributed by atoms with E-state index in [1.165, 1.54) is 19.2 Å². The summed E-state index contributed by atoms with van der Waals surface area (Å²) in [5.74, 6) is 0.634. The highest BCUT2D eigenvalue weighted by molar-refractivity contribution is 5.56. The molecule has 160 valence electrons. The Hall–Kier alpha value is -2.80. The van der Waals surface area contributed by atoms with Crippen LogP contribution in [0, 0.1) is 13.8 Å². The fourth-order valence-electron chi connectivity index (χ4n) is 3.47.